The first-order chi connectivity index (χ1) is 7.79. The molecule has 2 rings (SSSR count). The van der Waals surface area contributed by atoms with Gasteiger partial charge in [-0.15, -0.1) is 0 Å². The van der Waals surface area contributed by atoms with Crippen LogP contribution in [0.3, 0.4) is 0 Å². The van der Waals surface area contributed by atoms with Gasteiger partial charge in [0.1, 0.15) is 0 Å². The van der Waals surface area contributed by atoms with Crippen LogP contribution >= 0.6 is 0 Å². The van der Waals surface area contributed by atoms with Crippen LogP contribution in [0.1, 0.15) is 12.0 Å². The van der Waals surface area contributed by atoms with Crippen molar-refractivity contribution in [2.45, 2.75) is 13.0 Å². The number of piperidine rings is 1. The molecule has 0 unspecified atom stereocenters. The molecular weight excluding hydrogens is 200 g/mol. The number of rotatable bonds is 2. The number of likely N-dealkylation sites (tertiary alicyclic amines) is 1. The summed E-state index contributed by atoms with van der Waals surface area (Å²) >= 11 is 0. The van der Waals surface area contributed by atoms with Crippen LogP contribution in [0.5, 0.6) is 0 Å². The summed E-state index contributed by atoms with van der Waals surface area (Å²) in [6.45, 7) is 2.38. The average Bonchev–Trinajstić information content (AvgIpc) is 2.33. The third kappa shape index (κ3) is 2.49. The van der Waals surface area contributed by atoms with E-state index in [0.29, 0.717) is 13.0 Å². The second-order valence-electron chi connectivity index (χ2n) is 4.06. The predicted octanol–water partition coefficient (Wildman–Crippen LogP) is 1.30. The molecule has 3 heteroatoms. The first-order valence-electron chi connectivity index (χ1n) is 5.50. The molecular formula is C13H16N2O. The maximum Gasteiger partial charge on any atom is 0.162 e. The zero-order valence-corrected chi connectivity index (χ0v) is 9.23. The molecule has 3 nitrogen and oxygen atoms in total. The summed E-state index contributed by atoms with van der Waals surface area (Å²) in [5.41, 5.74) is 7.45. The lowest BCUT2D eigenvalue weighted by Gasteiger charge is -2.27. The Balaban J connectivity index is 2.00. The molecule has 84 valence electrons. The minimum Gasteiger partial charge on any atom is -0.404 e. The fraction of sp³-hybridized carbons (Fsp3) is 0.308. The Morgan fingerprint density at radius 2 is 2.06 bits per heavy atom. The molecule has 0 aromatic heterocycles. The third-order valence-corrected chi connectivity index (χ3v) is 2.86. The highest BCUT2D eigenvalue weighted by Crippen LogP contribution is 2.14. The van der Waals surface area contributed by atoms with Gasteiger partial charge in [0.25, 0.3) is 0 Å². The lowest BCUT2D eigenvalue weighted by Crippen LogP contribution is -2.35. The zero-order valence-electron chi connectivity index (χ0n) is 9.23. The van der Waals surface area contributed by atoms with Crippen molar-refractivity contribution >= 4 is 5.78 Å². The van der Waals surface area contributed by atoms with Crippen molar-refractivity contribution in [1.29, 1.82) is 0 Å². The van der Waals surface area contributed by atoms with E-state index in [1.165, 1.54) is 11.8 Å². The largest absolute Gasteiger partial charge is 0.404 e. The second kappa shape index (κ2) is 4.94. The van der Waals surface area contributed by atoms with Crippen LogP contribution in [0.2, 0.25) is 0 Å². The molecule has 1 aromatic carbocycles. The van der Waals surface area contributed by atoms with Crippen LogP contribution in [-0.4, -0.2) is 23.8 Å². The third-order valence-electron chi connectivity index (χ3n) is 2.86. The Bertz CT molecular complexity index is 398. The molecule has 16 heavy (non-hydrogen) atoms. The minimum atomic E-state index is 0.187. The summed E-state index contributed by atoms with van der Waals surface area (Å²) < 4.78 is 0. The molecule has 0 atom stereocenters. The molecule has 1 aliphatic rings. The molecule has 0 aliphatic carbocycles. The van der Waals surface area contributed by atoms with Gasteiger partial charge in [0.05, 0.1) is 0 Å². The van der Waals surface area contributed by atoms with Gasteiger partial charge in [0.2, 0.25) is 0 Å². The molecule has 1 heterocycles. The molecule has 0 bridgehead atoms. The van der Waals surface area contributed by atoms with E-state index in [1.54, 1.807) is 0 Å². The highest BCUT2D eigenvalue weighted by Gasteiger charge is 2.20. The Kier molecular flexibility index (Phi) is 3.37. The van der Waals surface area contributed by atoms with Crippen LogP contribution in [0, 0.1) is 0 Å². The Morgan fingerprint density at radius 3 is 2.75 bits per heavy atom. The molecule has 0 spiro atoms. The molecule has 1 saturated heterocycles. The van der Waals surface area contributed by atoms with Crippen molar-refractivity contribution < 1.29 is 4.79 Å². The van der Waals surface area contributed by atoms with Gasteiger partial charge in [-0.3, -0.25) is 9.69 Å². The average molecular weight is 216 g/mol. The SMILES string of the molecule is N/C=C1\CN(Cc2ccccc2)CCC1=O. The summed E-state index contributed by atoms with van der Waals surface area (Å²) in [5, 5.41) is 0. The highest BCUT2D eigenvalue weighted by molar-refractivity contribution is 5.96. The predicted molar refractivity (Wildman–Crippen MR) is 63.6 cm³/mol. The van der Waals surface area contributed by atoms with Gasteiger partial charge in [-0.25, -0.2) is 0 Å². The standard InChI is InChI=1S/C13H16N2O/c14-8-12-10-15(7-6-13(12)16)9-11-4-2-1-3-5-11/h1-5,8H,6-7,9-10,14H2/b12-8+. The van der Waals surface area contributed by atoms with Gasteiger partial charge in [-0.2, -0.15) is 0 Å². The van der Waals surface area contributed by atoms with E-state index >= 15 is 0 Å². The maximum absolute atomic E-state index is 11.4. The topological polar surface area (TPSA) is 46.3 Å². The molecule has 1 aromatic rings. The summed E-state index contributed by atoms with van der Waals surface area (Å²) in [7, 11) is 0. The quantitative estimate of drug-likeness (QED) is 0.758. The number of ketones is 1. The van der Waals surface area contributed by atoms with E-state index in [2.05, 4.69) is 17.0 Å². The number of nitrogens with two attached hydrogens (primary N) is 1. The van der Waals surface area contributed by atoms with Crippen molar-refractivity contribution in [2.75, 3.05) is 13.1 Å². The van der Waals surface area contributed by atoms with Crippen LogP contribution in [0.25, 0.3) is 0 Å². The molecule has 1 aliphatic heterocycles. The maximum atomic E-state index is 11.4. The van der Waals surface area contributed by atoms with Gasteiger partial charge < -0.3 is 5.73 Å². The number of hydrogen-bond donors (Lipinski definition) is 1. The minimum absolute atomic E-state index is 0.187. The number of Topliss-reactive ketones (excluding diaryl/α,β-unsaturated/α-hetero) is 1. The smallest absolute Gasteiger partial charge is 0.162 e. The first kappa shape index (κ1) is 10.9. The fourth-order valence-electron chi connectivity index (χ4n) is 1.95. The van der Waals surface area contributed by atoms with Crippen LogP contribution < -0.4 is 5.73 Å². The highest BCUT2D eigenvalue weighted by atomic mass is 16.1. The number of carbonyl (C=O) groups excluding carboxylic acids is 1. The van der Waals surface area contributed by atoms with Gasteiger partial charge in [-0.1, -0.05) is 30.3 Å². The monoisotopic (exact) mass is 216 g/mol. The Labute approximate surface area is 95.6 Å². The number of benzene rings is 1. The van der Waals surface area contributed by atoms with Gasteiger partial charge in [-0.05, 0) is 5.56 Å². The van der Waals surface area contributed by atoms with Gasteiger partial charge in [0, 0.05) is 37.8 Å². The number of nitrogens with zero attached hydrogens (tertiary/aromatic N) is 1. The summed E-state index contributed by atoms with van der Waals surface area (Å²) in [4.78, 5) is 13.7. The van der Waals surface area contributed by atoms with Crippen molar-refractivity contribution in [3.05, 3.63) is 47.7 Å². The van der Waals surface area contributed by atoms with Crippen LogP contribution in [-0.2, 0) is 11.3 Å². The molecule has 1 fully saturated rings. The first-order valence-corrected chi connectivity index (χ1v) is 5.50. The van der Waals surface area contributed by atoms with Gasteiger partial charge in [0.15, 0.2) is 5.78 Å². The molecule has 0 radical (unpaired) electrons. The lowest BCUT2D eigenvalue weighted by atomic mass is 10.0. The van der Waals surface area contributed by atoms with E-state index in [-0.39, 0.29) is 5.78 Å². The molecule has 2 N–H and O–H groups in total. The van der Waals surface area contributed by atoms with E-state index < -0.39 is 0 Å². The van der Waals surface area contributed by atoms with Crippen molar-refractivity contribution in [1.82, 2.24) is 4.90 Å². The van der Waals surface area contributed by atoms with Crippen molar-refractivity contribution in [3.8, 4) is 0 Å². The lowest BCUT2D eigenvalue weighted by molar-refractivity contribution is -0.117. The number of carbonyl (C=O) groups is 1. The second-order valence-corrected chi connectivity index (χ2v) is 4.06. The van der Waals surface area contributed by atoms with E-state index in [4.69, 9.17) is 5.73 Å². The van der Waals surface area contributed by atoms with Crippen LogP contribution in [0.4, 0.5) is 0 Å². The van der Waals surface area contributed by atoms with Gasteiger partial charge >= 0.3 is 0 Å². The normalized spacial score (nSPS) is 20.2. The Morgan fingerprint density at radius 1 is 1.31 bits per heavy atom. The Hall–Kier alpha value is -1.61. The zero-order chi connectivity index (χ0) is 11.4. The van der Waals surface area contributed by atoms with Crippen molar-refractivity contribution in [3.63, 3.8) is 0 Å². The molecule has 0 saturated carbocycles. The number of hydrogen-bond acceptors (Lipinski definition) is 3. The van der Waals surface area contributed by atoms with E-state index in [9.17, 15) is 4.79 Å². The van der Waals surface area contributed by atoms with E-state index in [0.717, 1.165) is 18.7 Å². The fourth-order valence-corrected chi connectivity index (χ4v) is 1.95. The van der Waals surface area contributed by atoms with Crippen LogP contribution in [0.15, 0.2) is 42.1 Å². The van der Waals surface area contributed by atoms with E-state index in [1.807, 2.05) is 18.2 Å². The molecule has 0 amide bonds. The summed E-state index contributed by atoms with van der Waals surface area (Å²) in [5.74, 6) is 0.187. The van der Waals surface area contributed by atoms with Crippen molar-refractivity contribution in [2.24, 2.45) is 5.73 Å². The summed E-state index contributed by atoms with van der Waals surface area (Å²) in [6.07, 6.45) is 2.02. The summed E-state index contributed by atoms with van der Waals surface area (Å²) in [6, 6.07) is 10.3.